The number of hydrogen-bond donors (Lipinski definition) is 2. The highest BCUT2D eigenvalue weighted by atomic mass is 127. The second-order valence-corrected chi connectivity index (χ2v) is 5.15. The van der Waals surface area contributed by atoms with Crippen molar-refractivity contribution in [3.05, 3.63) is 30.1 Å². The molecular formula is C16H27IN4O2. The van der Waals surface area contributed by atoms with Crippen LogP contribution in [0.3, 0.4) is 0 Å². The summed E-state index contributed by atoms with van der Waals surface area (Å²) in [6.07, 6.45) is 4.33. The molecule has 0 aromatic carbocycles. The number of halogens is 1. The lowest BCUT2D eigenvalue weighted by Gasteiger charge is -2.13. The van der Waals surface area contributed by atoms with Gasteiger partial charge in [0.2, 0.25) is 0 Å². The third-order valence-electron chi connectivity index (χ3n) is 3.34. The Hall–Kier alpha value is -0.930. The summed E-state index contributed by atoms with van der Waals surface area (Å²) in [6, 6.07) is 5.84. The second-order valence-electron chi connectivity index (χ2n) is 5.15. The molecule has 7 heteroatoms. The van der Waals surface area contributed by atoms with Crippen molar-refractivity contribution >= 4 is 29.9 Å². The van der Waals surface area contributed by atoms with E-state index in [0.717, 1.165) is 44.2 Å². The Morgan fingerprint density at radius 2 is 2.35 bits per heavy atom. The van der Waals surface area contributed by atoms with E-state index in [4.69, 9.17) is 9.47 Å². The zero-order chi connectivity index (χ0) is 15.5. The number of hydrogen-bond acceptors (Lipinski definition) is 4. The van der Waals surface area contributed by atoms with Gasteiger partial charge in [-0.05, 0) is 31.9 Å². The fourth-order valence-corrected chi connectivity index (χ4v) is 2.23. The number of ether oxygens (including phenoxy) is 2. The van der Waals surface area contributed by atoms with Gasteiger partial charge in [0.05, 0.1) is 31.6 Å². The fourth-order valence-electron chi connectivity index (χ4n) is 2.23. The smallest absolute Gasteiger partial charge is 0.191 e. The van der Waals surface area contributed by atoms with E-state index >= 15 is 0 Å². The zero-order valence-corrected chi connectivity index (χ0v) is 16.0. The van der Waals surface area contributed by atoms with Crippen molar-refractivity contribution in [3.63, 3.8) is 0 Å². The van der Waals surface area contributed by atoms with Crippen LogP contribution in [0.1, 0.15) is 25.5 Å². The molecule has 1 aliphatic rings. The Morgan fingerprint density at radius 1 is 1.43 bits per heavy atom. The van der Waals surface area contributed by atoms with Gasteiger partial charge < -0.3 is 20.1 Å². The first-order chi connectivity index (χ1) is 10.9. The minimum Gasteiger partial charge on any atom is -0.377 e. The van der Waals surface area contributed by atoms with E-state index in [1.54, 1.807) is 6.20 Å². The maximum absolute atomic E-state index is 5.63. The Bertz CT molecular complexity index is 439. The van der Waals surface area contributed by atoms with Crippen molar-refractivity contribution in [3.8, 4) is 0 Å². The number of rotatable bonds is 8. The Labute approximate surface area is 155 Å². The van der Waals surface area contributed by atoms with Crippen LogP contribution >= 0.6 is 24.0 Å². The lowest BCUT2D eigenvalue weighted by molar-refractivity contribution is 0.0191. The molecule has 6 nitrogen and oxygen atoms in total. The van der Waals surface area contributed by atoms with Gasteiger partial charge >= 0.3 is 0 Å². The molecule has 0 bridgehead atoms. The van der Waals surface area contributed by atoms with Crippen LogP contribution in [0.2, 0.25) is 0 Å². The van der Waals surface area contributed by atoms with Crippen LogP contribution in [-0.4, -0.2) is 50.0 Å². The predicted molar refractivity (Wildman–Crippen MR) is 102 cm³/mol. The van der Waals surface area contributed by atoms with Crippen molar-refractivity contribution in [2.24, 2.45) is 4.99 Å². The summed E-state index contributed by atoms with van der Waals surface area (Å²) in [5.74, 6) is 0.786. The number of nitrogens with zero attached hydrogens (tertiary/aromatic N) is 2. The standard InChI is InChI=1S/C16H26N4O2.HI/c1-2-17-16(20-12-14-6-3-4-8-18-14)19-9-11-21-13-15-7-5-10-22-15;/h3-4,6,8,15H,2,5,7,9-13H2,1H3,(H2,17,19,20);1H. The third kappa shape index (κ3) is 8.47. The molecule has 0 spiro atoms. The molecule has 1 saturated heterocycles. The highest BCUT2D eigenvalue weighted by Gasteiger charge is 2.14. The average molecular weight is 434 g/mol. The van der Waals surface area contributed by atoms with E-state index in [0.29, 0.717) is 19.8 Å². The first kappa shape index (κ1) is 20.1. The molecule has 2 rings (SSSR count). The maximum atomic E-state index is 5.63. The molecule has 2 heterocycles. The molecule has 0 saturated carbocycles. The Kier molecular flexibility index (Phi) is 10.9. The van der Waals surface area contributed by atoms with E-state index in [1.165, 1.54) is 0 Å². The highest BCUT2D eigenvalue weighted by Crippen LogP contribution is 2.11. The van der Waals surface area contributed by atoms with E-state index < -0.39 is 0 Å². The molecular weight excluding hydrogens is 407 g/mol. The summed E-state index contributed by atoms with van der Waals surface area (Å²) >= 11 is 0. The summed E-state index contributed by atoms with van der Waals surface area (Å²) in [7, 11) is 0. The van der Waals surface area contributed by atoms with Gasteiger partial charge in [-0.3, -0.25) is 4.98 Å². The molecule has 23 heavy (non-hydrogen) atoms. The zero-order valence-electron chi connectivity index (χ0n) is 13.7. The monoisotopic (exact) mass is 434 g/mol. The molecule has 0 amide bonds. The van der Waals surface area contributed by atoms with Crippen LogP contribution in [0.5, 0.6) is 0 Å². The van der Waals surface area contributed by atoms with Crippen molar-refractivity contribution in [1.82, 2.24) is 15.6 Å². The van der Waals surface area contributed by atoms with Crippen molar-refractivity contribution < 1.29 is 9.47 Å². The average Bonchev–Trinajstić information content (AvgIpc) is 3.06. The van der Waals surface area contributed by atoms with Crippen LogP contribution in [0, 0.1) is 0 Å². The van der Waals surface area contributed by atoms with Crippen molar-refractivity contribution in [1.29, 1.82) is 0 Å². The van der Waals surface area contributed by atoms with Gasteiger partial charge in [0, 0.05) is 25.9 Å². The van der Waals surface area contributed by atoms with Gasteiger partial charge in [-0.15, -0.1) is 24.0 Å². The van der Waals surface area contributed by atoms with Gasteiger partial charge in [-0.25, -0.2) is 4.99 Å². The van der Waals surface area contributed by atoms with Crippen LogP contribution in [0.4, 0.5) is 0 Å². The lowest BCUT2D eigenvalue weighted by atomic mass is 10.2. The minimum absolute atomic E-state index is 0. The molecule has 1 aliphatic heterocycles. The molecule has 1 aromatic rings. The lowest BCUT2D eigenvalue weighted by Crippen LogP contribution is -2.39. The van der Waals surface area contributed by atoms with Crippen LogP contribution in [0.25, 0.3) is 0 Å². The normalized spacial score (nSPS) is 17.6. The third-order valence-corrected chi connectivity index (χ3v) is 3.34. The van der Waals surface area contributed by atoms with Crippen LogP contribution in [0.15, 0.2) is 29.4 Å². The van der Waals surface area contributed by atoms with Gasteiger partial charge in [0.1, 0.15) is 0 Å². The highest BCUT2D eigenvalue weighted by molar-refractivity contribution is 14.0. The summed E-state index contributed by atoms with van der Waals surface area (Å²) < 4.78 is 11.1. The molecule has 2 N–H and O–H groups in total. The largest absolute Gasteiger partial charge is 0.377 e. The predicted octanol–water partition coefficient (Wildman–Crippen LogP) is 1.95. The van der Waals surface area contributed by atoms with E-state index in [1.807, 2.05) is 25.1 Å². The van der Waals surface area contributed by atoms with Gasteiger partial charge in [-0.1, -0.05) is 6.07 Å². The van der Waals surface area contributed by atoms with E-state index in [-0.39, 0.29) is 30.1 Å². The molecule has 130 valence electrons. The van der Waals surface area contributed by atoms with Crippen molar-refractivity contribution in [2.75, 3.05) is 32.9 Å². The summed E-state index contributed by atoms with van der Waals surface area (Å²) in [5, 5.41) is 6.48. The first-order valence-corrected chi connectivity index (χ1v) is 8.00. The number of nitrogens with one attached hydrogen (secondary N) is 2. The van der Waals surface area contributed by atoms with Gasteiger partial charge in [0.15, 0.2) is 5.96 Å². The van der Waals surface area contributed by atoms with Crippen LogP contribution < -0.4 is 10.6 Å². The first-order valence-electron chi connectivity index (χ1n) is 8.00. The molecule has 1 atom stereocenters. The number of pyridine rings is 1. The molecule has 1 unspecified atom stereocenters. The number of aliphatic imine (C=N–C) groups is 1. The Balaban J connectivity index is 0.00000264. The number of guanidine groups is 1. The van der Waals surface area contributed by atoms with Crippen LogP contribution in [-0.2, 0) is 16.0 Å². The van der Waals surface area contributed by atoms with Gasteiger partial charge in [0.25, 0.3) is 0 Å². The summed E-state index contributed by atoms with van der Waals surface area (Å²) in [4.78, 5) is 8.77. The molecule has 0 radical (unpaired) electrons. The quantitative estimate of drug-likeness (QED) is 0.284. The fraction of sp³-hybridized carbons (Fsp3) is 0.625. The topological polar surface area (TPSA) is 67.8 Å². The minimum atomic E-state index is 0. The maximum Gasteiger partial charge on any atom is 0.191 e. The van der Waals surface area contributed by atoms with E-state index in [9.17, 15) is 0 Å². The summed E-state index contributed by atoms with van der Waals surface area (Å²) in [5.41, 5.74) is 0.953. The SMILES string of the molecule is CCNC(=NCc1ccccn1)NCCOCC1CCCO1.I. The molecule has 1 aromatic heterocycles. The molecule has 1 fully saturated rings. The van der Waals surface area contributed by atoms with Gasteiger partial charge in [-0.2, -0.15) is 0 Å². The summed E-state index contributed by atoms with van der Waals surface area (Å²) in [6.45, 7) is 6.36. The van der Waals surface area contributed by atoms with E-state index in [2.05, 4.69) is 20.6 Å². The Morgan fingerprint density at radius 3 is 3.04 bits per heavy atom. The molecule has 0 aliphatic carbocycles. The number of aromatic nitrogens is 1. The second kappa shape index (κ2) is 12.5. The van der Waals surface area contributed by atoms with Crippen molar-refractivity contribution in [2.45, 2.75) is 32.4 Å².